The number of carbonyl (C=O) groups is 1. The van der Waals surface area contributed by atoms with E-state index in [2.05, 4.69) is 6.58 Å². The monoisotopic (exact) mass is 275 g/mol. The summed E-state index contributed by atoms with van der Waals surface area (Å²) >= 11 is 0. The highest BCUT2D eigenvalue weighted by atomic mass is 28.3. The van der Waals surface area contributed by atoms with Gasteiger partial charge in [-0.2, -0.15) is 0 Å². The van der Waals surface area contributed by atoms with Crippen molar-refractivity contribution in [3.8, 4) is 0 Å². The number of hydrogen-bond acceptors (Lipinski definition) is 5. The molecule has 5 nitrogen and oxygen atoms in total. The molecule has 2 atom stereocenters. The Labute approximate surface area is 111 Å². The van der Waals surface area contributed by atoms with Gasteiger partial charge in [-0.25, -0.2) is 4.79 Å². The summed E-state index contributed by atoms with van der Waals surface area (Å²) in [6, 6.07) is 0. The zero-order chi connectivity index (χ0) is 14.1. The first-order chi connectivity index (χ1) is 8.46. The van der Waals surface area contributed by atoms with Crippen LogP contribution in [0.3, 0.4) is 0 Å². The van der Waals surface area contributed by atoms with E-state index >= 15 is 0 Å². The first-order valence-electron chi connectivity index (χ1n) is 6.01. The molecule has 105 valence electrons. The topological polar surface area (TPSA) is 54.0 Å². The van der Waals surface area contributed by atoms with E-state index in [-0.39, 0.29) is 12.0 Å². The summed E-state index contributed by atoms with van der Waals surface area (Å²) in [6.45, 7) is 11.2. The Hall–Kier alpha value is -0.693. The minimum absolute atomic E-state index is 0.367. The van der Waals surface area contributed by atoms with Gasteiger partial charge in [0.05, 0.1) is 0 Å². The van der Waals surface area contributed by atoms with Crippen molar-refractivity contribution in [2.75, 3.05) is 13.7 Å². The van der Waals surface area contributed by atoms with Crippen LogP contribution in [-0.4, -0.2) is 41.0 Å². The predicted octanol–water partition coefficient (Wildman–Crippen LogP) is 1.96. The lowest BCUT2D eigenvalue weighted by Crippen LogP contribution is -2.42. The summed E-state index contributed by atoms with van der Waals surface area (Å²) in [7, 11) is -0.181. The third-order valence-corrected chi connectivity index (χ3v) is 4.32. The van der Waals surface area contributed by atoms with E-state index < -0.39 is 15.3 Å². The molecule has 18 heavy (non-hydrogen) atoms. The van der Waals surface area contributed by atoms with Gasteiger partial charge in [-0.1, -0.05) is 13.5 Å². The number of rotatable bonds is 9. The molecule has 0 fully saturated rings. The quantitative estimate of drug-likeness (QED) is 0.279. The van der Waals surface area contributed by atoms with Gasteiger partial charge in [-0.15, -0.1) is 0 Å². The molecule has 0 spiro atoms. The van der Waals surface area contributed by atoms with Gasteiger partial charge < -0.3 is 18.3 Å². The van der Waals surface area contributed by atoms with Crippen LogP contribution in [0, 0.1) is 0 Å². The average Bonchev–Trinajstić information content (AvgIpc) is 2.34. The van der Waals surface area contributed by atoms with Crippen molar-refractivity contribution in [3.63, 3.8) is 0 Å². The van der Waals surface area contributed by atoms with Gasteiger partial charge in [0, 0.05) is 19.3 Å². The molecule has 0 bridgehead atoms. The van der Waals surface area contributed by atoms with Crippen LogP contribution < -0.4 is 0 Å². The van der Waals surface area contributed by atoms with Gasteiger partial charge in [-0.3, -0.25) is 0 Å². The minimum Gasteiger partial charge on any atom is -0.457 e. The lowest BCUT2D eigenvalue weighted by atomic mass is 10.4. The second-order valence-electron chi connectivity index (χ2n) is 3.76. The third-order valence-electron chi connectivity index (χ3n) is 2.13. The van der Waals surface area contributed by atoms with Crippen LogP contribution in [0.5, 0.6) is 0 Å². The Morgan fingerprint density at radius 2 is 2.00 bits per heavy atom. The maximum Gasteiger partial charge on any atom is 0.431 e. The van der Waals surface area contributed by atoms with Crippen molar-refractivity contribution in [2.45, 2.75) is 46.1 Å². The molecule has 0 aromatic rings. The molecule has 0 aliphatic rings. The molecule has 0 aromatic carbocycles. The number of ether oxygens (including phenoxy) is 2. The molecule has 0 saturated carbocycles. The number of hydrogen-bond donors (Lipinski definition) is 0. The second-order valence-corrected chi connectivity index (χ2v) is 5.56. The molecule has 0 aromatic heterocycles. The van der Waals surface area contributed by atoms with Crippen LogP contribution in [-0.2, 0) is 23.1 Å². The molecule has 0 heterocycles. The van der Waals surface area contributed by atoms with Gasteiger partial charge in [0.25, 0.3) is 0 Å². The lowest BCUT2D eigenvalue weighted by Gasteiger charge is -2.25. The first kappa shape index (κ1) is 17.3. The second kappa shape index (κ2) is 9.27. The summed E-state index contributed by atoms with van der Waals surface area (Å²) in [5.74, 6) is -0.419. The van der Waals surface area contributed by atoms with Gasteiger partial charge in [0.15, 0.2) is 0 Å². The van der Waals surface area contributed by atoms with E-state index in [1.54, 1.807) is 21.0 Å². The summed E-state index contributed by atoms with van der Waals surface area (Å²) in [5.41, 5.74) is -0.0113. The van der Waals surface area contributed by atoms with Crippen LogP contribution in [0.15, 0.2) is 12.2 Å². The molecular formula is C12H23O5Si. The Morgan fingerprint density at radius 3 is 2.39 bits per heavy atom. The fraction of sp³-hybridized carbons (Fsp3) is 0.750. The van der Waals surface area contributed by atoms with Crippen molar-refractivity contribution in [1.29, 1.82) is 0 Å². The first-order valence-corrected chi connectivity index (χ1v) is 7.41. The van der Waals surface area contributed by atoms with Gasteiger partial charge in [0.2, 0.25) is 0 Å². The van der Waals surface area contributed by atoms with E-state index in [1.807, 2.05) is 13.8 Å². The lowest BCUT2D eigenvalue weighted by molar-refractivity contribution is -0.143. The van der Waals surface area contributed by atoms with Gasteiger partial charge in [0.1, 0.15) is 12.0 Å². The molecule has 0 amide bonds. The molecular weight excluding hydrogens is 252 g/mol. The smallest absolute Gasteiger partial charge is 0.431 e. The van der Waals surface area contributed by atoms with Crippen LogP contribution in [0.4, 0.5) is 0 Å². The molecule has 1 radical (unpaired) electrons. The normalized spacial score (nSPS) is 14.3. The van der Waals surface area contributed by atoms with Crippen molar-refractivity contribution >= 4 is 15.3 Å². The Balaban J connectivity index is 4.59. The van der Waals surface area contributed by atoms with Crippen molar-refractivity contribution in [2.24, 2.45) is 0 Å². The van der Waals surface area contributed by atoms with Gasteiger partial charge >= 0.3 is 15.3 Å². The summed E-state index contributed by atoms with van der Waals surface area (Å²) in [6.07, 6.45) is 0.243. The maximum atomic E-state index is 11.5. The highest BCUT2D eigenvalue weighted by Gasteiger charge is 2.32. The van der Waals surface area contributed by atoms with Crippen molar-refractivity contribution in [1.82, 2.24) is 0 Å². The molecule has 0 N–H and O–H groups in total. The van der Waals surface area contributed by atoms with Crippen LogP contribution in [0.2, 0.25) is 0 Å². The van der Waals surface area contributed by atoms with Gasteiger partial charge in [-0.05, 0) is 27.2 Å². The highest BCUT2D eigenvalue weighted by Crippen LogP contribution is 2.11. The molecule has 0 rings (SSSR count). The highest BCUT2D eigenvalue weighted by molar-refractivity contribution is 6.46. The Morgan fingerprint density at radius 1 is 1.39 bits per heavy atom. The SMILES string of the molecule is C=C(C)C(=O)OC(CC)[Si](OCC)OC(C)OC. The molecule has 0 saturated heterocycles. The zero-order valence-electron chi connectivity index (χ0n) is 11.8. The van der Waals surface area contributed by atoms with Crippen molar-refractivity contribution < 1.29 is 23.1 Å². The fourth-order valence-corrected chi connectivity index (χ4v) is 2.73. The summed E-state index contributed by atoms with van der Waals surface area (Å²) in [4.78, 5) is 11.5. The Bertz CT molecular complexity index is 269. The Kier molecular flexibility index (Phi) is 8.91. The molecule has 6 heteroatoms. The van der Waals surface area contributed by atoms with E-state index in [4.69, 9.17) is 18.3 Å². The van der Waals surface area contributed by atoms with Crippen LogP contribution in [0.25, 0.3) is 0 Å². The molecule has 0 aliphatic heterocycles. The van der Waals surface area contributed by atoms with Crippen LogP contribution in [0.1, 0.15) is 34.1 Å². The summed E-state index contributed by atoms with van der Waals surface area (Å²) < 4.78 is 21.5. The average molecular weight is 275 g/mol. The van der Waals surface area contributed by atoms with Crippen molar-refractivity contribution in [3.05, 3.63) is 12.2 Å². The molecule has 2 unspecified atom stereocenters. The number of methoxy groups -OCH3 is 1. The number of esters is 1. The third kappa shape index (κ3) is 6.30. The van der Waals surface area contributed by atoms with E-state index in [0.717, 1.165) is 0 Å². The van der Waals surface area contributed by atoms with Crippen LogP contribution >= 0.6 is 0 Å². The predicted molar refractivity (Wildman–Crippen MR) is 69.9 cm³/mol. The fourth-order valence-electron chi connectivity index (χ4n) is 1.08. The molecule has 0 aliphatic carbocycles. The zero-order valence-corrected chi connectivity index (χ0v) is 12.8. The number of carbonyl (C=O) groups excluding carboxylic acids is 1. The van der Waals surface area contributed by atoms with E-state index in [0.29, 0.717) is 18.6 Å². The van der Waals surface area contributed by atoms with E-state index in [9.17, 15) is 4.79 Å². The summed E-state index contributed by atoms with van der Waals surface area (Å²) in [5, 5.41) is 0. The largest absolute Gasteiger partial charge is 0.457 e. The van der Waals surface area contributed by atoms with E-state index in [1.165, 1.54) is 0 Å². The standard InChI is InChI=1S/C12H23O5Si/c1-7-11(16-12(13)9(3)4)18(15-8-2)17-10(5)14-6/h10-11H,3,7-8H2,1-2,4-6H3. The minimum atomic E-state index is -1.73. The maximum absolute atomic E-state index is 11.5.